The number of aliphatic hydroxyl groups is 1. The van der Waals surface area contributed by atoms with Crippen molar-refractivity contribution >= 4 is 17.7 Å². The molecule has 38 heavy (non-hydrogen) atoms. The molecule has 2 aromatic carbocycles. The Morgan fingerprint density at radius 2 is 1.87 bits per heavy atom. The van der Waals surface area contributed by atoms with Crippen LogP contribution in [0.1, 0.15) is 51.9 Å². The van der Waals surface area contributed by atoms with Gasteiger partial charge < -0.3 is 10.0 Å². The van der Waals surface area contributed by atoms with E-state index in [-0.39, 0.29) is 44.2 Å². The molecule has 0 aliphatic carbocycles. The zero-order valence-electron chi connectivity index (χ0n) is 20.3. The molecule has 11 heteroatoms. The quantitative estimate of drug-likeness (QED) is 0.593. The molecule has 3 heterocycles. The SMILES string of the molecule is N#CC1CN(Cc2ccc(C(F)(F)F)cc2)CCC1(O)c1ccc2c(c1)CN(C1CCC(=O)NC1=O)C2=O. The fourth-order valence-electron chi connectivity index (χ4n) is 5.54. The van der Waals surface area contributed by atoms with Crippen LogP contribution < -0.4 is 5.32 Å². The summed E-state index contributed by atoms with van der Waals surface area (Å²) in [5.74, 6) is -2.01. The zero-order valence-corrected chi connectivity index (χ0v) is 20.3. The summed E-state index contributed by atoms with van der Waals surface area (Å²) in [6.45, 7) is 1.12. The Morgan fingerprint density at radius 1 is 1.13 bits per heavy atom. The van der Waals surface area contributed by atoms with Gasteiger partial charge in [0.05, 0.1) is 17.6 Å². The van der Waals surface area contributed by atoms with E-state index in [0.717, 1.165) is 12.1 Å². The number of amides is 3. The van der Waals surface area contributed by atoms with Crippen molar-refractivity contribution in [3.05, 3.63) is 70.3 Å². The molecule has 2 aromatic rings. The van der Waals surface area contributed by atoms with Crippen LogP contribution in [0, 0.1) is 17.2 Å². The van der Waals surface area contributed by atoms with Crippen LogP contribution in [0.5, 0.6) is 0 Å². The monoisotopic (exact) mass is 526 g/mol. The van der Waals surface area contributed by atoms with Gasteiger partial charge in [-0.05, 0) is 47.7 Å². The second kappa shape index (κ2) is 9.53. The van der Waals surface area contributed by atoms with Crippen LogP contribution in [0.4, 0.5) is 13.2 Å². The van der Waals surface area contributed by atoms with E-state index in [9.17, 15) is 37.9 Å². The average molecular weight is 527 g/mol. The molecule has 0 radical (unpaired) electrons. The van der Waals surface area contributed by atoms with Gasteiger partial charge in [-0.25, -0.2) is 0 Å². The molecule has 3 aliphatic heterocycles. The number of carbonyl (C=O) groups is 3. The van der Waals surface area contributed by atoms with Gasteiger partial charge in [0.1, 0.15) is 11.6 Å². The lowest BCUT2D eigenvalue weighted by molar-refractivity contribution is -0.138. The van der Waals surface area contributed by atoms with Gasteiger partial charge >= 0.3 is 6.18 Å². The highest BCUT2D eigenvalue weighted by molar-refractivity contribution is 6.05. The predicted octanol–water partition coefficient (Wildman–Crippen LogP) is 2.70. The lowest BCUT2D eigenvalue weighted by atomic mass is 9.76. The summed E-state index contributed by atoms with van der Waals surface area (Å²) in [6.07, 6.45) is -3.80. The number of nitriles is 1. The van der Waals surface area contributed by atoms with E-state index in [1.807, 2.05) is 4.90 Å². The fraction of sp³-hybridized carbons (Fsp3) is 0.407. The predicted molar refractivity (Wildman–Crippen MR) is 127 cm³/mol. The van der Waals surface area contributed by atoms with E-state index < -0.39 is 35.2 Å². The molecule has 2 fully saturated rings. The van der Waals surface area contributed by atoms with Gasteiger partial charge in [0, 0.05) is 38.2 Å². The van der Waals surface area contributed by atoms with Crippen molar-refractivity contribution in [1.82, 2.24) is 15.1 Å². The number of imide groups is 1. The van der Waals surface area contributed by atoms with Gasteiger partial charge in [0.25, 0.3) is 5.91 Å². The van der Waals surface area contributed by atoms with E-state index in [1.165, 1.54) is 17.0 Å². The summed E-state index contributed by atoms with van der Waals surface area (Å²) in [5.41, 5.74) is 0.00534. The molecule has 8 nitrogen and oxygen atoms in total. The Bertz CT molecular complexity index is 1340. The van der Waals surface area contributed by atoms with Crippen molar-refractivity contribution in [2.75, 3.05) is 13.1 Å². The van der Waals surface area contributed by atoms with Crippen molar-refractivity contribution < 1.29 is 32.7 Å². The summed E-state index contributed by atoms with van der Waals surface area (Å²) >= 11 is 0. The second-order valence-corrected chi connectivity index (χ2v) is 10.1. The third kappa shape index (κ3) is 4.66. The lowest BCUT2D eigenvalue weighted by Gasteiger charge is -2.42. The van der Waals surface area contributed by atoms with Gasteiger partial charge in [0.15, 0.2) is 0 Å². The van der Waals surface area contributed by atoms with Crippen LogP contribution in [0.15, 0.2) is 42.5 Å². The summed E-state index contributed by atoms with van der Waals surface area (Å²) in [6, 6.07) is 11.2. The molecule has 0 spiro atoms. The number of hydrogen-bond acceptors (Lipinski definition) is 6. The Morgan fingerprint density at radius 3 is 2.53 bits per heavy atom. The Hall–Kier alpha value is -3.75. The van der Waals surface area contributed by atoms with Gasteiger partial charge in [-0.3, -0.25) is 24.6 Å². The number of fused-ring (bicyclic) bond motifs is 1. The molecule has 3 aliphatic rings. The molecule has 0 aromatic heterocycles. The van der Waals surface area contributed by atoms with Crippen LogP contribution >= 0.6 is 0 Å². The van der Waals surface area contributed by atoms with Crippen molar-refractivity contribution in [1.29, 1.82) is 5.26 Å². The lowest BCUT2D eigenvalue weighted by Crippen LogP contribution is -2.52. The minimum atomic E-state index is -4.41. The first-order valence-corrected chi connectivity index (χ1v) is 12.3. The molecule has 3 amide bonds. The molecule has 0 saturated carbocycles. The molecule has 3 unspecified atom stereocenters. The first-order valence-electron chi connectivity index (χ1n) is 12.3. The molecule has 2 N–H and O–H groups in total. The fourth-order valence-corrected chi connectivity index (χ4v) is 5.54. The van der Waals surface area contributed by atoms with Crippen molar-refractivity contribution in [3.8, 4) is 6.07 Å². The van der Waals surface area contributed by atoms with Crippen LogP contribution in [0.2, 0.25) is 0 Å². The average Bonchev–Trinajstić information content (AvgIpc) is 3.20. The number of rotatable bonds is 4. The highest BCUT2D eigenvalue weighted by atomic mass is 19.4. The number of halogens is 3. The van der Waals surface area contributed by atoms with Gasteiger partial charge in [-0.2, -0.15) is 18.4 Å². The first-order chi connectivity index (χ1) is 18.0. The summed E-state index contributed by atoms with van der Waals surface area (Å²) < 4.78 is 38.5. The van der Waals surface area contributed by atoms with E-state index in [4.69, 9.17) is 0 Å². The van der Waals surface area contributed by atoms with Gasteiger partial charge in [-0.15, -0.1) is 0 Å². The molecule has 0 bridgehead atoms. The number of nitrogens with zero attached hydrogens (tertiary/aromatic N) is 3. The van der Waals surface area contributed by atoms with Gasteiger partial charge in [-0.1, -0.05) is 24.3 Å². The second-order valence-electron chi connectivity index (χ2n) is 10.1. The number of nitrogens with one attached hydrogen (secondary N) is 1. The summed E-state index contributed by atoms with van der Waals surface area (Å²) in [5, 5.41) is 23.8. The normalized spacial score (nSPS) is 26.2. The van der Waals surface area contributed by atoms with E-state index in [2.05, 4.69) is 11.4 Å². The number of hydrogen-bond donors (Lipinski definition) is 2. The Labute approximate surface area is 216 Å². The molecule has 5 rings (SSSR count). The van der Waals surface area contributed by atoms with Crippen molar-refractivity contribution in [2.24, 2.45) is 5.92 Å². The van der Waals surface area contributed by atoms with Crippen LogP contribution in [-0.4, -0.2) is 51.8 Å². The molecule has 3 atom stereocenters. The Kier molecular flexibility index (Phi) is 6.49. The smallest absolute Gasteiger partial charge is 0.384 e. The highest BCUT2D eigenvalue weighted by Crippen LogP contribution is 2.40. The number of piperidine rings is 2. The van der Waals surface area contributed by atoms with E-state index in [0.29, 0.717) is 35.3 Å². The van der Waals surface area contributed by atoms with Crippen LogP contribution in [-0.2, 0) is 34.5 Å². The molecular formula is C27H25F3N4O4. The standard InChI is InChI=1S/C27H25F3N4O4/c28-27(29,30)18-3-1-16(2-4-18)13-33-10-9-26(38,20(12-31)15-33)19-5-6-21-17(11-19)14-34(25(21)37)22-7-8-23(35)32-24(22)36/h1-6,11,20,22,38H,7-10,13-15H2,(H,32,35,36). The zero-order chi connectivity index (χ0) is 27.2. The number of benzene rings is 2. The topological polar surface area (TPSA) is 114 Å². The van der Waals surface area contributed by atoms with E-state index in [1.54, 1.807) is 18.2 Å². The van der Waals surface area contributed by atoms with Crippen LogP contribution in [0.3, 0.4) is 0 Å². The number of alkyl halides is 3. The summed E-state index contributed by atoms with van der Waals surface area (Å²) in [7, 11) is 0. The van der Waals surface area contributed by atoms with Gasteiger partial charge in [0.2, 0.25) is 11.8 Å². The third-order valence-electron chi connectivity index (χ3n) is 7.69. The van der Waals surface area contributed by atoms with Crippen molar-refractivity contribution in [2.45, 2.75) is 50.2 Å². The molecule has 2 saturated heterocycles. The summed E-state index contributed by atoms with van der Waals surface area (Å²) in [4.78, 5) is 40.1. The maximum absolute atomic E-state index is 13.0. The molecule has 198 valence electrons. The Balaban J connectivity index is 1.30. The number of likely N-dealkylation sites (tertiary alicyclic amines) is 1. The maximum atomic E-state index is 13.0. The van der Waals surface area contributed by atoms with E-state index >= 15 is 0 Å². The highest BCUT2D eigenvalue weighted by Gasteiger charge is 2.45. The maximum Gasteiger partial charge on any atom is 0.416 e. The molecular weight excluding hydrogens is 501 g/mol. The first kappa shape index (κ1) is 25.9. The van der Waals surface area contributed by atoms with Crippen molar-refractivity contribution in [3.63, 3.8) is 0 Å². The van der Waals surface area contributed by atoms with Crippen LogP contribution in [0.25, 0.3) is 0 Å². The minimum absolute atomic E-state index is 0.147. The minimum Gasteiger partial charge on any atom is -0.384 e. The third-order valence-corrected chi connectivity index (χ3v) is 7.69. The largest absolute Gasteiger partial charge is 0.416 e. The number of carbonyl (C=O) groups excluding carboxylic acids is 3.